The zero-order valence-corrected chi connectivity index (χ0v) is 23.9. The van der Waals surface area contributed by atoms with Crippen LogP contribution in [0.4, 0.5) is 14.7 Å². The second kappa shape index (κ2) is 12.8. The Balaban J connectivity index is 1.28. The first-order valence-electron chi connectivity index (χ1n) is 14.0. The van der Waals surface area contributed by atoms with Crippen LogP contribution >= 0.6 is 11.6 Å². The largest absolute Gasteiger partial charge is 0.350 e. The Morgan fingerprint density at radius 2 is 1.95 bits per heavy atom. The Bertz CT molecular complexity index is 1760. The smallest absolute Gasteiger partial charge is 0.251 e. The van der Waals surface area contributed by atoms with Crippen LogP contribution in [0.3, 0.4) is 0 Å². The second-order valence-electron chi connectivity index (χ2n) is 10.5. The van der Waals surface area contributed by atoms with E-state index in [2.05, 4.69) is 25.9 Å². The van der Waals surface area contributed by atoms with Crippen LogP contribution in [0.15, 0.2) is 67.1 Å². The summed E-state index contributed by atoms with van der Waals surface area (Å²) in [6, 6.07) is 12.6. The van der Waals surface area contributed by atoms with E-state index in [-0.39, 0.29) is 12.5 Å². The predicted octanol–water partition coefficient (Wildman–Crippen LogP) is 5.36. The van der Waals surface area contributed by atoms with Crippen LogP contribution in [0, 0.1) is 17.6 Å². The van der Waals surface area contributed by atoms with E-state index < -0.39 is 11.6 Å². The summed E-state index contributed by atoms with van der Waals surface area (Å²) in [5.41, 5.74) is 3.76. The van der Waals surface area contributed by atoms with Crippen LogP contribution in [0.1, 0.15) is 34.3 Å². The fourth-order valence-electron chi connectivity index (χ4n) is 5.18. The molecule has 0 aliphatic carbocycles. The third kappa shape index (κ3) is 6.63. The number of benzene rings is 2. The molecule has 1 saturated heterocycles. The third-order valence-electron chi connectivity index (χ3n) is 7.41. The van der Waals surface area contributed by atoms with Gasteiger partial charge >= 0.3 is 0 Å². The SMILES string of the molecule is O=C(NCc1cccnc1)c1ccc(-c2nc3cnc(NCc4ccc(F)c(F)c4)nc3n2C[C@@H]2CCCNC2)c(Cl)c1. The number of anilines is 1. The first-order chi connectivity index (χ1) is 20.9. The van der Waals surface area contributed by atoms with Gasteiger partial charge in [0.15, 0.2) is 17.3 Å². The van der Waals surface area contributed by atoms with Crippen LogP contribution in [-0.2, 0) is 19.6 Å². The summed E-state index contributed by atoms with van der Waals surface area (Å²) < 4.78 is 29.1. The molecule has 9 nitrogen and oxygen atoms in total. The van der Waals surface area contributed by atoms with Crippen molar-refractivity contribution in [3.63, 3.8) is 0 Å². The fraction of sp³-hybridized carbons (Fsp3) is 0.258. The third-order valence-corrected chi connectivity index (χ3v) is 7.72. The van der Waals surface area contributed by atoms with Gasteiger partial charge in [0, 0.05) is 43.2 Å². The van der Waals surface area contributed by atoms with Gasteiger partial charge in [-0.1, -0.05) is 23.7 Å². The van der Waals surface area contributed by atoms with E-state index in [1.807, 2.05) is 16.7 Å². The summed E-state index contributed by atoms with van der Waals surface area (Å²) >= 11 is 6.78. The number of hydrogen-bond donors (Lipinski definition) is 3. The van der Waals surface area contributed by atoms with Crippen LogP contribution in [0.5, 0.6) is 0 Å². The van der Waals surface area contributed by atoms with Gasteiger partial charge in [0.1, 0.15) is 11.3 Å². The number of halogens is 3. The van der Waals surface area contributed by atoms with Gasteiger partial charge in [-0.15, -0.1) is 0 Å². The highest BCUT2D eigenvalue weighted by atomic mass is 35.5. The Hall–Kier alpha value is -4.48. The maximum absolute atomic E-state index is 13.7. The minimum absolute atomic E-state index is 0.215. The number of carbonyl (C=O) groups excluding carboxylic acids is 1. The van der Waals surface area contributed by atoms with Crippen molar-refractivity contribution in [2.24, 2.45) is 5.92 Å². The summed E-state index contributed by atoms with van der Waals surface area (Å²) in [7, 11) is 0. The number of aromatic nitrogens is 5. The molecule has 220 valence electrons. The van der Waals surface area contributed by atoms with E-state index in [1.54, 1.807) is 36.8 Å². The lowest BCUT2D eigenvalue weighted by Crippen LogP contribution is -2.32. The number of carbonyl (C=O) groups is 1. The van der Waals surface area contributed by atoms with E-state index >= 15 is 0 Å². The summed E-state index contributed by atoms with van der Waals surface area (Å²) in [6.07, 6.45) is 7.15. The number of nitrogens with zero attached hydrogens (tertiary/aromatic N) is 5. The molecule has 1 fully saturated rings. The molecule has 3 aromatic heterocycles. The van der Waals surface area contributed by atoms with Gasteiger partial charge < -0.3 is 20.5 Å². The van der Waals surface area contributed by atoms with Crippen LogP contribution in [0.2, 0.25) is 5.02 Å². The summed E-state index contributed by atoms with van der Waals surface area (Å²) in [5, 5.41) is 9.83. The molecule has 6 rings (SSSR count). The molecule has 0 bridgehead atoms. The van der Waals surface area contributed by atoms with Crippen molar-refractivity contribution in [2.75, 3.05) is 18.4 Å². The lowest BCUT2D eigenvalue weighted by Gasteiger charge is -2.24. The average Bonchev–Trinajstić information content (AvgIpc) is 3.38. The van der Waals surface area contributed by atoms with E-state index in [0.717, 1.165) is 43.6 Å². The molecule has 5 aromatic rings. The molecule has 1 aliphatic heterocycles. The van der Waals surface area contributed by atoms with Crippen molar-refractivity contribution in [1.82, 2.24) is 35.1 Å². The summed E-state index contributed by atoms with van der Waals surface area (Å²) in [4.78, 5) is 30.9. The summed E-state index contributed by atoms with van der Waals surface area (Å²) in [5.74, 6) is -0.740. The van der Waals surface area contributed by atoms with Crippen LogP contribution in [-0.4, -0.2) is 43.5 Å². The molecule has 0 spiro atoms. The van der Waals surface area contributed by atoms with Gasteiger partial charge in [0.05, 0.1) is 11.2 Å². The molecule has 43 heavy (non-hydrogen) atoms. The van der Waals surface area contributed by atoms with Crippen molar-refractivity contribution in [3.05, 3.63) is 100 Å². The molecule has 3 N–H and O–H groups in total. The van der Waals surface area contributed by atoms with Crippen LogP contribution in [0.25, 0.3) is 22.6 Å². The Morgan fingerprint density at radius 1 is 1.05 bits per heavy atom. The lowest BCUT2D eigenvalue weighted by atomic mass is 9.99. The Kier molecular flexibility index (Phi) is 8.52. The Labute approximate surface area is 251 Å². The number of pyridine rings is 1. The maximum atomic E-state index is 13.7. The number of rotatable bonds is 9. The maximum Gasteiger partial charge on any atom is 0.251 e. The number of amides is 1. The standard InChI is InChI=1S/C31H29ClF2N8O/c32-24-12-22(30(43)37-16-20-3-1-9-35-13-20)6-7-23(24)28-40-27-17-39-31(38-15-19-5-8-25(33)26(34)11-19)41-29(27)42(28)18-21-4-2-10-36-14-21/h1,3,5-9,11-13,17,21,36H,2,4,10,14-16,18H2,(H,37,43)(H,38,39,41)/t21-/m1/s1. The first-order valence-corrected chi connectivity index (χ1v) is 14.4. The minimum atomic E-state index is -0.909. The predicted molar refractivity (Wildman–Crippen MR) is 160 cm³/mol. The Morgan fingerprint density at radius 3 is 2.72 bits per heavy atom. The lowest BCUT2D eigenvalue weighted by molar-refractivity contribution is 0.0951. The van der Waals surface area contributed by atoms with E-state index in [1.165, 1.54) is 6.07 Å². The zero-order chi connectivity index (χ0) is 29.8. The van der Waals surface area contributed by atoms with Gasteiger partial charge in [-0.3, -0.25) is 9.78 Å². The fourth-order valence-corrected chi connectivity index (χ4v) is 5.44. The number of piperidine rings is 1. The van der Waals surface area contributed by atoms with E-state index in [0.29, 0.717) is 63.7 Å². The molecule has 1 atom stereocenters. The van der Waals surface area contributed by atoms with E-state index in [4.69, 9.17) is 21.6 Å². The second-order valence-corrected chi connectivity index (χ2v) is 10.9. The van der Waals surface area contributed by atoms with Crippen molar-refractivity contribution >= 4 is 34.6 Å². The van der Waals surface area contributed by atoms with Crippen LogP contribution < -0.4 is 16.0 Å². The quantitative estimate of drug-likeness (QED) is 0.208. The molecule has 1 amide bonds. The zero-order valence-electron chi connectivity index (χ0n) is 23.2. The molecule has 0 saturated carbocycles. The topological polar surface area (TPSA) is 110 Å². The van der Waals surface area contributed by atoms with Gasteiger partial charge in [0.25, 0.3) is 5.91 Å². The first kappa shape index (κ1) is 28.6. The number of hydrogen-bond acceptors (Lipinski definition) is 7. The molecule has 0 radical (unpaired) electrons. The molecule has 0 unspecified atom stereocenters. The molecular weight excluding hydrogens is 574 g/mol. The van der Waals surface area contributed by atoms with Gasteiger partial charge in [-0.25, -0.2) is 18.7 Å². The highest BCUT2D eigenvalue weighted by Gasteiger charge is 2.22. The highest BCUT2D eigenvalue weighted by Crippen LogP contribution is 2.32. The van der Waals surface area contributed by atoms with Crippen molar-refractivity contribution < 1.29 is 13.6 Å². The van der Waals surface area contributed by atoms with Gasteiger partial charge in [-0.05, 0) is 79.4 Å². The van der Waals surface area contributed by atoms with Crippen molar-refractivity contribution in [2.45, 2.75) is 32.5 Å². The minimum Gasteiger partial charge on any atom is -0.350 e. The van der Waals surface area contributed by atoms with Gasteiger partial charge in [-0.2, -0.15) is 4.98 Å². The normalized spacial score (nSPS) is 15.0. The highest BCUT2D eigenvalue weighted by molar-refractivity contribution is 6.33. The molecule has 2 aromatic carbocycles. The molecule has 12 heteroatoms. The number of fused-ring (bicyclic) bond motifs is 1. The van der Waals surface area contributed by atoms with E-state index in [9.17, 15) is 13.6 Å². The average molecular weight is 603 g/mol. The molecule has 1 aliphatic rings. The van der Waals surface area contributed by atoms with Crippen molar-refractivity contribution in [3.8, 4) is 11.4 Å². The monoisotopic (exact) mass is 602 g/mol. The number of imidazole rings is 1. The molecular formula is C31H29ClF2N8O. The van der Waals surface area contributed by atoms with Gasteiger partial charge in [0.2, 0.25) is 5.95 Å². The summed E-state index contributed by atoms with van der Waals surface area (Å²) in [6.45, 7) is 3.08. The van der Waals surface area contributed by atoms with Crippen molar-refractivity contribution in [1.29, 1.82) is 0 Å². The number of nitrogens with one attached hydrogen (secondary N) is 3. The molecule has 4 heterocycles.